The largest absolute Gasteiger partial charge is 0.494 e. The molecule has 0 saturated carbocycles. The molecule has 1 amide bonds. The average molecular weight is 857 g/mol. The zero-order valence-corrected chi connectivity index (χ0v) is 24.0. The summed E-state index contributed by atoms with van der Waals surface area (Å²) in [6, 6.07) is 9.34. The zero-order valence-electron chi connectivity index (χ0n) is 14.6. The Morgan fingerprint density at radius 3 is 2.45 bits per heavy atom. The van der Waals surface area contributed by atoms with E-state index in [1.807, 2.05) is 24.3 Å². The minimum absolute atomic E-state index is 0.0956. The molecule has 1 aromatic heterocycles. The fourth-order valence-corrected chi connectivity index (χ4v) is 6.92. The number of aromatic carboxylic acids is 1. The van der Waals surface area contributed by atoms with Crippen molar-refractivity contribution in [2.24, 2.45) is 0 Å². The molecule has 5 nitrogen and oxygen atoms in total. The van der Waals surface area contributed by atoms with Crippen molar-refractivity contribution in [2.45, 2.75) is 0 Å². The maximum atomic E-state index is 13.0. The van der Waals surface area contributed by atoms with Gasteiger partial charge in [0.1, 0.15) is 11.3 Å². The molecule has 0 aliphatic heterocycles. The second kappa shape index (κ2) is 9.95. The van der Waals surface area contributed by atoms with Crippen molar-refractivity contribution in [3.05, 3.63) is 61.1 Å². The molecule has 150 valence electrons. The Bertz CT molecular complexity index is 1130. The zero-order chi connectivity index (χ0) is 21.3. The van der Waals surface area contributed by atoms with E-state index in [0.717, 1.165) is 25.6 Å². The Morgan fingerprint density at radius 1 is 1.10 bits per heavy atom. The van der Waals surface area contributed by atoms with Gasteiger partial charge in [-0.2, -0.15) is 0 Å². The van der Waals surface area contributed by atoms with E-state index in [4.69, 9.17) is 4.74 Å². The first kappa shape index (κ1) is 23.5. The Balaban J connectivity index is 2.01. The summed E-state index contributed by atoms with van der Waals surface area (Å²) in [7, 11) is 1.59. The van der Waals surface area contributed by atoms with Gasteiger partial charge in [0.2, 0.25) is 0 Å². The highest BCUT2D eigenvalue weighted by molar-refractivity contribution is 14.1. The van der Waals surface area contributed by atoms with Crippen LogP contribution >= 0.6 is 102 Å². The van der Waals surface area contributed by atoms with E-state index in [1.54, 1.807) is 18.6 Å². The molecule has 29 heavy (non-hydrogen) atoms. The number of halogens is 4. The van der Waals surface area contributed by atoms with Crippen LogP contribution in [0.25, 0.3) is 10.4 Å². The number of anilines is 1. The standard InChI is InChI=1S/C19H11I4NO4S/c1-28-16-11(21)6-10(14(22)15(16)23)18(25)24-12-7-29-17(13(12)19(26)27)8-3-2-4-9(20)5-8/h2-7H,1H3,(H,24,25)(H,26,27). The number of rotatable bonds is 5. The average Bonchev–Trinajstić information content (AvgIpc) is 3.09. The van der Waals surface area contributed by atoms with E-state index in [1.165, 1.54) is 11.3 Å². The molecule has 0 spiro atoms. The SMILES string of the molecule is COc1c(I)cc(C(=O)Nc2csc(-c3cccc(I)c3)c2C(=O)O)c(I)c1I. The number of ether oxygens (including phenoxy) is 1. The summed E-state index contributed by atoms with van der Waals surface area (Å²) in [6.45, 7) is 0. The Hall–Kier alpha value is -0.200. The van der Waals surface area contributed by atoms with Crippen molar-refractivity contribution >= 4 is 119 Å². The molecule has 1 heterocycles. The second-order valence-corrected chi connectivity index (χ2v) is 11.1. The van der Waals surface area contributed by atoms with Crippen LogP contribution in [0, 0.1) is 14.3 Å². The smallest absolute Gasteiger partial charge is 0.339 e. The number of hydrogen-bond acceptors (Lipinski definition) is 4. The molecule has 0 fully saturated rings. The molecule has 3 rings (SSSR count). The summed E-state index contributed by atoms with van der Waals surface area (Å²) in [5.41, 5.74) is 1.66. The van der Waals surface area contributed by atoms with Crippen LogP contribution in [0.3, 0.4) is 0 Å². The van der Waals surface area contributed by atoms with Crippen LogP contribution in [0.2, 0.25) is 0 Å². The Morgan fingerprint density at radius 2 is 1.83 bits per heavy atom. The predicted molar refractivity (Wildman–Crippen MR) is 149 cm³/mol. The molecule has 0 unspecified atom stereocenters. The van der Waals surface area contributed by atoms with Crippen molar-refractivity contribution in [1.82, 2.24) is 0 Å². The van der Waals surface area contributed by atoms with Gasteiger partial charge in [-0.3, -0.25) is 4.79 Å². The lowest BCUT2D eigenvalue weighted by atomic mass is 10.1. The predicted octanol–water partition coefficient (Wildman–Crippen LogP) is 6.79. The fourth-order valence-electron chi connectivity index (χ4n) is 2.62. The van der Waals surface area contributed by atoms with E-state index in [-0.39, 0.29) is 17.2 Å². The Labute approximate surface area is 225 Å². The molecule has 0 radical (unpaired) electrons. The van der Waals surface area contributed by atoms with Gasteiger partial charge < -0.3 is 15.2 Å². The monoisotopic (exact) mass is 857 g/mol. The number of carboxylic acids is 1. The Kier molecular flexibility index (Phi) is 8.05. The third kappa shape index (κ3) is 5.01. The third-order valence-electron chi connectivity index (χ3n) is 3.91. The molecule has 0 saturated heterocycles. The van der Waals surface area contributed by atoms with Crippen LogP contribution in [0.15, 0.2) is 35.7 Å². The van der Waals surface area contributed by atoms with Gasteiger partial charge in [-0.05, 0) is 114 Å². The molecule has 0 aliphatic carbocycles. The van der Waals surface area contributed by atoms with Crippen LogP contribution < -0.4 is 10.1 Å². The number of carbonyl (C=O) groups excluding carboxylic acids is 1. The first-order chi connectivity index (χ1) is 13.7. The van der Waals surface area contributed by atoms with Gasteiger partial charge in [0, 0.05) is 12.5 Å². The van der Waals surface area contributed by atoms with E-state index in [2.05, 4.69) is 95.7 Å². The lowest BCUT2D eigenvalue weighted by Gasteiger charge is -2.13. The number of carbonyl (C=O) groups is 2. The van der Waals surface area contributed by atoms with Crippen molar-refractivity contribution in [2.75, 3.05) is 12.4 Å². The summed E-state index contributed by atoms with van der Waals surface area (Å²) >= 11 is 9.85. The highest BCUT2D eigenvalue weighted by Crippen LogP contribution is 2.38. The number of thiophene rings is 1. The summed E-state index contributed by atoms with van der Waals surface area (Å²) in [4.78, 5) is 25.5. The van der Waals surface area contributed by atoms with Crippen molar-refractivity contribution in [1.29, 1.82) is 0 Å². The summed E-state index contributed by atoms with van der Waals surface area (Å²) < 4.78 is 8.80. The van der Waals surface area contributed by atoms with Crippen LogP contribution in [0.1, 0.15) is 20.7 Å². The highest BCUT2D eigenvalue weighted by atomic mass is 127. The van der Waals surface area contributed by atoms with Gasteiger partial charge in [0.25, 0.3) is 5.91 Å². The molecular formula is C19H11I4NO4S. The maximum Gasteiger partial charge on any atom is 0.339 e. The fraction of sp³-hybridized carbons (Fsp3) is 0.0526. The molecule has 0 bridgehead atoms. The first-order valence-corrected chi connectivity index (χ1v) is 13.1. The van der Waals surface area contributed by atoms with E-state index < -0.39 is 5.97 Å². The van der Waals surface area contributed by atoms with Crippen molar-refractivity contribution in [3.63, 3.8) is 0 Å². The van der Waals surface area contributed by atoms with E-state index in [9.17, 15) is 14.7 Å². The summed E-state index contributed by atoms with van der Waals surface area (Å²) in [6.07, 6.45) is 0. The molecule has 10 heteroatoms. The molecule has 2 aromatic carbocycles. The molecule has 0 aliphatic rings. The van der Waals surface area contributed by atoms with Crippen LogP contribution in [0.5, 0.6) is 5.75 Å². The van der Waals surface area contributed by atoms with E-state index in [0.29, 0.717) is 10.4 Å². The highest BCUT2D eigenvalue weighted by Gasteiger charge is 2.24. The van der Waals surface area contributed by atoms with Gasteiger partial charge in [-0.25, -0.2) is 4.79 Å². The molecule has 0 atom stereocenters. The van der Waals surface area contributed by atoms with Crippen LogP contribution in [-0.2, 0) is 0 Å². The summed E-state index contributed by atoms with van der Waals surface area (Å²) in [5, 5.41) is 14.2. The normalized spacial score (nSPS) is 10.7. The number of methoxy groups -OCH3 is 1. The lowest BCUT2D eigenvalue weighted by molar-refractivity contribution is 0.0699. The van der Waals surface area contributed by atoms with Crippen LogP contribution in [0.4, 0.5) is 5.69 Å². The molecular weight excluding hydrogens is 846 g/mol. The number of nitrogens with one attached hydrogen (secondary N) is 1. The molecule has 3 aromatic rings. The maximum absolute atomic E-state index is 13.0. The van der Waals surface area contributed by atoms with Crippen molar-refractivity contribution in [3.8, 4) is 16.2 Å². The van der Waals surface area contributed by atoms with Gasteiger partial charge in [0.05, 0.1) is 30.4 Å². The second-order valence-electron chi connectivity index (χ2n) is 5.69. The van der Waals surface area contributed by atoms with Gasteiger partial charge in [-0.1, -0.05) is 12.1 Å². The summed E-state index contributed by atoms with van der Waals surface area (Å²) in [5.74, 6) is -0.721. The third-order valence-corrected chi connectivity index (χ3v) is 9.59. The van der Waals surface area contributed by atoms with Gasteiger partial charge in [-0.15, -0.1) is 11.3 Å². The molecule has 2 N–H and O–H groups in total. The van der Waals surface area contributed by atoms with Gasteiger partial charge >= 0.3 is 5.97 Å². The number of carboxylic acid groups (broad SMARTS) is 1. The minimum atomic E-state index is -1.08. The number of benzene rings is 2. The minimum Gasteiger partial charge on any atom is -0.494 e. The van der Waals surface area contributed by atoms with E-state index >= 15 is 0 Å². The quantitative estimate of drug-likeness (QED) is 0.219. The van der Waals surface area contributed by atoms with Gasteiger partial charge in [0.15, 0.2) is 0 Å². The number of hydrogen-bond donors (Lipinski definition) is 2. The van der Waals surface area contributed by atoms with Crippen LogP contribution in [-0.4, -0.2) is 24.1 Å². The topological polar surface area (TPSA) is 75.6 Å². The first-order valence-electron chi connectivity index (χ1n) is 7.88. The lowest BCUT2D eigenvalue weighted by Crippen LogP contribution is -2.16. The van der Waals surface area contributed by atoms with Crippen molar-refractivity contribution < 1.29 is 19.4 Å². The number of amides is 1.